The average molecular weight is 330 g/mol. The Balaban J connectivity index is 2.08. The van der Waals surface area contributed by atoms with Gasteiger partial charge in [-0.3, -0.25) is 4.90 Å². The highest BCUT2D eigenvalue weighted by Gasteiger charge is 2.39. The van der Waals surface area contributed by atoms with Gasteiger partial charge in [-0.1, -0.05) is 64.3 Å². The SMILES string of the molecule is C=C1CN(Cc2ccccc2)C(CO[Si](C)(C)C(C)(C)C)C1=C. The molecule has 1 unspecified atom stereocenters. The van der Waals surface area contributed by atoms with Crippen molar-refractivity contribution in [2.75, 3.05) is 13.2 Å². The van der Waals surface area contributed by atoms with Crippen molar-refractivity contribution in [3.05, 3.63) is 60.2 Å². The summed E-state index contributed by atoms with van der Waals surface area (Å²) in [7, 11) is -1.74. The maximum Gasteiger partial charge on any atom is 0.192 e. The van der Waals surface area contributed by atoms with E-state index in [0.29, 0.717) is 0 Å². The van der Waals surface area contributed by atoms with Crippen LogP contribution in [0, 0.1) is 0 Å². The maximum atomic E-state index is 6.46. The van der Waals surface area contributed by atoms with Crippen LogP contribution in [0.4, 0.5) is 0 Å². The molecular weight excluding hydrogens is 298 g/mol. The molecule has 1 aliphatic heterocycles. The maximum absolute atomic E-state index is 6.46. The molecule has 2 rings (SSSR count). The highest BCUT2D eigenvalue weighted by Crippen LogP contribution is 2.37. The molecule has 126 valence electrons. The van der Waals surface area contributed by atoms with Crippen LogP contribution in [0.25, 0.3) is 0 Å². The third kappa shape index (κ3) is 4.22. The van der Waals surface area contributed by atoms with Crippen molar-refractivity contribution in [1.29, 1.82) is 0 Å². The van der Waals surface area contributed by atoms with Gasteiger partial charge in [-0.05, 0) is 34.8 Å². The van der Waals surface area contributed by atoms with Gasteiger partial charge in [-0.25, -0.2) is 0 Å². The van der Waals surface area contributed by atoms with E-state index < -0.39 is 8.32 Å². The Morgan fingerprint density at radius 1 is 1.17 bits per heavy atom. The van der Waals surface area contributed by atoms with Crippen molar-refractivity contribution in [1.82, 2.24) is 4.90 Å². The minimum Gasteiger partial charge on any atom is -0.415 e. The predicted octanol–water partition coefficient (Wildman–Crippen LogP) is 5.01. The van der Waals surface area contributed by atoms with Gasteiger partial charge in [0.15, 0.2) is 8.32 Å². The number of hydrogen-bond donors (Lipinski definition) is 0. The largest absolute Gasteiger partial charge is 0.415 e. The molecular formula is C20H31NOSi. The van der Waals surface area contributed by atoms with Gasteiger partial charge in [0.1, 0.15) is 0 Å². The van der Waals surface area contributed by atoms with Gasteiger partial charge in [0, 0.05) is 13.1 Å². The van der Waals surface area contributed by atoms with Crippen LogP contribution in [0.1, 0.15) is 26.3 Å². The van der Waals surface area contributed by atoms with Gasteiger partial charge in [-0.2, -0.15) is 0 Å². The molecule has 0 amide bonds. The summed E-state index contributed by atoms with van der Waals surface area (Å²) in [5.74, 6) is 0. The number of hydrogen-bond acceptors (Lipinski definition) is 2. The molecule has 3 heteroatoms. The van der Waals surface area contributed by atoms with Crippen molar-refractivity contribution in [3.8, 4) is 0 Å². The minimum atomic E-state index is -1.74. The van der Waals surface area contributed by atoms with Crippen LogP contribution in [-0.4, -0.2) is 32.4 Å². The second-order valence-electron chi connectivity index (χ2n) is 8.11. The van der Waals surface area contributed by atoms with E-state index in [4.69, 9.17) is 4.43 Å². The normalized spacial score (nSPS) is 20.3. The number of likely N-dealkylation sites (tertiary alicyclic amines) is 1. The predicted molar refractivity (Wildman–Crippen MR) is 102 cm³/mol. The Bertz CT molecular complexity index is 571. The van der Waals surface area contributed by atoms with E-state index in [-0.39, 0.29) is 11.1 Å². The lowest BCUT2D eigenvalue weighted by Gasteiger charge is -2.38. The zero-order chi connectivity index (χ0) is 17.3. The Kier molecular flexibility index (Phi) is 5.34. The van der Waals surface area contributed by atoms with Gasteiger partial charge >= 0.3 is 0 Å². The zero-order valence-corrected chi connectivity index (χ0v) is 16.4. The first-order valence-corrected chi connectivity index (χ1v) is 11.3. The molecule has 1 aromatic rings. The van der Waals surface area contributed by atoms with Crippen molar-refractivity contribution < 1.29 is 4.43 Å². The fourth-order valence-electron chi connectivity index (χ4n) is 2.61. The first kappa shape index (κ1) is 18.2. The zero-order valence-electron chi connectivity index (χ0n) is 15.4. The smallest absolute Gasteiger partial charge is 0.192 e. The molecule has 1 saturated heterocycles. The Hall–Kier alpha value is -1.16. The van der Waals surface area contributed by atoms with Gasteiger partial charge in [-0.15, -0.1) is 0 Å². The third-order valence-electron chi connectivity index (χ3n) is 5.33. The topological polar surface area (TPSA) is 12.5 Å². The number of benzene rings is 1. The van der Waals surface area contributed by atoms with Gasteiger partial charge in [0.2, 0.25) is 0 Å². The van der Waals surface area contributed by atoms with Crippen LogP contribution in [0.3, 0.4) is 0 Å². The minimum absolute atomic E-state index is 0.230. The van der Waals surface area contributed by atoms with Crippen molar-refractivity contribution in [3.63, 3.8) is 0 Å². The molecule has 1 atom stereocenters. The summed E-state index contributed by atoms with van der Waals surface area (Å²) in [5, 5.41) is 0.230. The molecule has 2 nitrogen and oxygen atoms in total. The lowest BCUT2D eigenvalue weighted by atomic mass is 10.1. The van der Waals surface area contributed by atoms with E-state index in [2.05, 4.69) is 82.3 Å². The Labute approximate surface area is 143 Å². The fraction of sp³-hybridized carbons (Fsp3) is 0.500. The van der Waals surface area contributed by atoms with Crippen molar-refractivity contribution >= 4 is 8.32 Å². The molecule has 0 saturated carbocycles. The molecule has 0 N–H and O–H groups in total. The van der Waals surface area contributed by atoms with E-state index in [1.807, 2.05) is 0 Å². The second kappa shape index (κ2) is 6.76. The standard InChI is InChI=1S/C20H31NOSi/c1-16-13-21(14-18-11-9-8-10-12-18)19(17(16)2)15-22-23(6,7)20(3,4)5/h8-12,19H,1-2,13-15H2,3-7H3. The Morgan fingerprint density at radius 2 is 1.78 bits per heavy atom. The monoisotopic (exact) mass is 329 g/mol. The van der Waals surface area contributed by atoms with Crippen LogP contribution in [0.2, 0.25) is 18.1 Å². The summed E-state index contributed by atoms with van der Waals surface area (Å²) in [4.78, 5) is 2.44. The first-order chi connectivity index (χ1) is 10.6. The molecule has 0 radical (unpaired) electrons. The average Bonchev–Trinajstić information content (AvgIpc) is 2.71. The van der Waals surface area contributed by atoms with Gasteiger partial charge in [0.25, 0.3) is 0 Å². The summed E-state index contributed by atoms with van der Waals surface area (Å²) >= 11 is 0. The summed E-state index contributed by atoms with van der Waals surface area (Å²) in [6.45, 7) is 22.4. The van der Waals surface area contributed by atoms with Crippen LogP contribution < -0.4 is 0 Å². The van der Waals surface area contributed by atoms with E-state index in [1.165, 1.54) is 5.56 Å². The molecule has 1 aliphatic rings. The van der Waals surface area contributed by atoms with Gasteiger partial charge in [0.05, 0.1) is 12.6 Å². The van der Waals surface area contributed by atoms with E-state index in [1.54, 1.807) is 0 Å². The summed E-state index contributed by atoms with van der Waals surface area (Å²) in [6, 6.07) is 10.8. The van der Waals surface area contributed by atoms with E-state index >= 15 is 0 Å². The highest BCUT2D eigenvalue weighted by molar-refractivity contribution is 6.74. The summed E-state index contributed by atoms with van der Waals surface area (Å²) in [5.41, 5.74) is 3.61. The van der Waals surface area contributed by atoms with Crippen LogP contribution in [-0.2, 0) is 11.0 Å². The number of rotatable bonds is 5. The van der Waals surface area contributed by atoms with Crippen molar-refractivity contribution in [2.45, 2.75) is 51.5 Å². The van der Waals surface area contributed by atoms with Gasteiger partial charge < -0.3 is 4.43 Å². The molecule has 1 heterocycles. The second-order valence-corrected chi connectivity index (χ2v) is 12.9. The molecule has 23 heavy (non-hydrogen) atoms. The number of nitrogens with zero attached hydrogens (tertiary/aromatic N) is 1. The molecule has 0 spiro atoms. The lowest BCUT2D eigenvalue weighted by molar-refractivity contribution is 0.173. The van der Waals surface area contributed by atoms with Crippen molar-refractivity contribution in [2.24, 2.45) is 0 Å². The van der Waals surface area contributed by atoms with E-state index in [0.717, 1.165) is 30.8 Å². The molecule has 1 fully saturated rings. The third-order valence-corrected chi connectivity index (χ3v) is 9.83. The molecule has 0 bridgehead atoms. The summed E-state index contributed by atoms with van der Waals surface area (Å²) in [6.07, 6.45) is 0. The molecule has 0 aliphatic carbocycles. The summed E-state index contributed by atoms with van der Waals surface area (Å²) < 4.78 is 6.46. The lowest BCUT2D eigenvalue weighted by Crippen LogP contribution is -2.44. The molecule has 0 aromatic heterocycles. The van der Waals surface area contributed by atoms with Crippen LogP contribution >= 0.6 is 0 Å². The first-order valence-electron chi connectivity index (χ1n) is 8.41. The highest BCUT2D eigenvalue weighted by atomic mass is 28.4. The fourth-order valence-corrected chi connectivity index (χ4v) is 3.61. The van der Waals surface area contributed by atoms with E-state index in [9.17, 15) is 0 Å². The Morgan fingerprint density at radius 3 is 2.35 bits per heavy atom. The molecule has 1 aromatic carbocycles. The van der Waals surface area contributed by atoms with Crippen LogP contribution in [0.15, 0.2) is 54.6 Å². The quantitative estimate of drug-likeness (QED) is 0.704. The van der Waals surface area contributed by atoms with Crippen LogP contribution in [0.5, 0.6) is 0 Å².